The fourth-order valence-electron chi connectivity index (χ4n) is 2.65. The van der Waals surface area contributed by atoms with Gasteiger partial charge in [0.2, 0.25) is 11.8 Å². The van der Waals surface area contributed by atoms with E-state index in [9.17, 15) is 9.59 Å². The molecule has 5 heteroatoms. The van der Waals surface area contributed by atoms with Gasteiger partial charge in [0.15, 0.2) is 0 Å². The van der Waals surface area contributed by atoms with Gasteiger partial charge in [0.1, 0.15) is 12.1 Å². The molecule has 1 aliphatic heterocycles. The van der Waals surface area contributed by atoms with Crippen molar-refractivity contribution in [1.82, 2.24) is 10.2 Å². The summed E-state index contributed by atoms with van der Waals surface area (Å²) in [6.45, 7) is 4.51. The molecule has 0 spiro atoms. The molecule has 0 aromatic heterocycles. The Kier molecular flexibility index (Phi) is 4.22. The molecule has 2 atom stereocenters. The van der Waals surface area contributed by atoms with Crippen LogP contribution in [0.1, 0.15) is 39.5 Å². The lowest BCUT2D eigenvalue weighted by molar-refractivity contribution is -0.149. The largest absolute Gasteiger partial charge is 0.376 e. The second-order valence-electron chi connectivity index (χ2n) is 5.22. The molecule has 5 nitrogen and oxygen atoms in total. The molecular weight excluding hydrogens is 232 g/mol. The highest BCUT2D eigenvalue weighted by molar-refractivity contribution is 5.96. The molecule has 102 valence electrons. The number of nitrogens with one attached hydrogen (secondary N) is 1. The van der Waals surface area contributed by atoms with Gasteiger partial charge in [-0.1, -0.05) is 12.8 Å². The van der Waals surface area contributed by atoms with Crippen LogP contribution in [0.3, 0.4) is 0 Å². The van der Waals surface area contributed by atoms with Crippen LogP contribution in [0.25, 0.3) is 0 Å². The number of nitrogens with zero attached hydrogens (tertiary/aromatic N) is 1. The SMILES string of the molecule is CC1NC(=O)C(C)N(CCOC2CCCC2)C1=O. The van der Waals surface area contributed by atoms with E-state index in [1.807, 2.05) is 0 Å². The molecule has 1 saturated carbocycles. The molecule has 1 N–H and O–H groups in total. The zero-order valence-electron chi connectivity index (χ0n) is 11.1. The van der Waals surface area contributed by atoms with Crippen LogP contribution in [0, 0.1) is 0 Å². The van der Waals surface area contributed by atoms with Crippen LogP contribution in [0.2, 0.25) is 0 Å². The fourth-order valence-corrected chi connectivity index (χ4v) is 2.65. The quantitative estimate of drug-likeness (QED) is 0.802. The van der Waals surface area contributed by atoms with Crippen molar-refractivity contribution in [2.75, 3.05) is 13.2 Å². The lowest BCUT2D eigenvalue weighted by Gasteiger charge is -2.36. The standard InChI is InChI=1S/C13H22N2O3/c1-9-13(17)15(10(2)12(16)14-9)7-8-18-11-5-3-4-6-11/h9-11H,3-8H2,1-2H3,(H,14,16). The summed E-state index contributed by atoms with van der Waals surface area (Å²) in [5.41, 5.74) is 0. The van der Waals surface area contributed by atoms with Gasteiger partial charge in [0.05, 0.1) is 12.7 Å². The van der Waals surface area contributed by atoms with Crippen molar-refractivity contribution in [2.24, 2.45) is 0 Å². The lowest BCUT2D eigenvalue weighted by Crippen LogP contribution is -2.61. The maximum absolute atomic E-state index is 12.0. The minimum atomic E-state index is -0.416. The zero-order chi connectivity index (χ0) is 13.1. The predicted octanol–water partition coefficient (Wildman–Crippen LogP) is 0.681. The Bertz CT molecular complexity index is 326. The first-order chi connectivity index (χ1) is 8.59. The van der Waals surface area contributed by atoms with Crippen molar-refractivity contribution in [2.45, 2.75) is 57.7 Å². The van der Waals surface area contributed by atoms with Gasteiger partial charge in [0.25, 0.3) is 0 Å². The molecule has 0 aromatic rings. The molecule has 2 rings (SSSR count). The van der Waals surface area contributed by atoms with E-state index in [1.165, 1.54) is 12.8 Å². The molecule has 0 radical (unpaired) electrons. The molecule has 2 aliphatic rings. The first-order valence-corrected chi connectivity index (χ1v) is 6.82. The predicted molar refractivity (Wildman–Crippen MR) is 67.0 cm³/mol. The minimum Gasteiger partial charge on any atom is -0.376 e. The Morgan fingerprint density at radius 1 is 1.28 bits per heavy atom. The number of amides is 2. The molecule has 2 fully saturated rings. The maximum Gasteiger partial charge on any atom is 0.245 e. The van der Waals surface area contributed by atoms with E-state index < -0.39 is 6.04 Å². The summed E-state index contributed by atoms with van der Waals surface area (Å²) in [4.78, 5) is 25.2. The van der Waals surface area contributed by atoms with Crippen molar-refractivity contribution >= 4 is 11.8 Å². The molecule has 0 bridgehead atoms. The summed E-state index contributed by atoms with van der Waals surface area (Å²) in [6.07, 6.45) is 5.08. The Morgan fingerprint density at radius 2 is 1.94 bits per heavy atom. The summed E-state index contributed by atoms with van der Waals surface area (Å²) in [5, 5.41) is 2.67. The number of ether oxygens (including phenoxy) is 1. The van der Waals surface area contributed by atoms with Crippen molar-refractivity contribution < 1.29 is 14.3 Å². The van der Waals surface area contributed by atoms with Gasteiger partial charge in [0, 0.05) is 6.54 Å². The second kappa shape index (κ2) is 5.69. The van der Waals surface area contributed by atoms with E-state index >= 15 is 0 Å². The average Bonchev–Trinajstić information content (AvgIpc) is 2.84. The van der Waals surface area contributed by atoms with E-state index in [4.69, 9.17) is 4.74 Å². The molecule has 2 amide bonds. The number of hydrogen-bond acceptors (Lipinski definition) is 3. The number of carbonyl (C=O) groups is 2. The molecule has 18 heavy (non-hydrogen) atoms. The summed E-state index contributed by atoms with van der Waals surface area (Å²) in [7, 11) is 0. The number of rotatable bonds is 4. The Morgan fingerprint density at radius 3 is 2.61 bits per heavy atom. The van der Waals surface area contributed by atoms with Crippen molar-refractivity contribution in [3.05, 3.63) is 0 Å². The van der Waals surface area contributed by atoms with Crippen molar-refractivity contribution in [1.29, 1.82) is 0 Å². The highest BCUT2D eigenvalue weighted by Gasteiger charge is 2.35. The Labute approximate surface area is 108 Å². The molecule has 1 saturated heterocycles. The Balaban J connectivity index is 1.82. The van der Waals surface area contributed by atoms with Gasteiger partial charge in [-0.05, 0) is 26.7 Å². The minimum absolute atomic E-state index is 0.0166. The smallest absolute Gasteiger partial charge is 0.245 e. The van der Waals surface area contributed by atoms with Crippen LogP contribution in [0.4, 0.5) is 0 Å². The summed E-state index contributed by atoms with van der Waals surface area (Å²) >= 11 is 0. The number of piperazine rings is 1. The fraction of sp³-hybridized carbons (Fsp3) is 0.846. The average molecular weight is 254 g/mol. The van der Waals surface area contributed by atoms with Crippen LogP contribution in [-0.4, -0.2) is 48.1 Å². The van der Waals surface area contributed by atoms with E-state index in [-0.39, 0.29) is 17.9 Å². The normalized spacial score (nSPS) is 29.8. The summed E-state index contributed by atoms with van der Waals surface area (Å²) < 4.78 is 5.75. The van der Waals surface area contributed by atoms with Gasteiger partial charge in [-0.3, -0.25) is 9.59 Å². The number of hydrogen-bond donors (Lipinski definition) is 1. The van der Waals surface area contributed by atoms with Crippen molar-refractivity contribution in [3.63, 3.8) is 0 Å². The third-order valence-electron chi connectivity index (χ3n) is 3.85. The van der Waals surface area contributed by atoms with E-state index in [1.54, 1.807) is 18.7 Å². The highest BCUT2D eigenvalue weighted by atomic mass is 16.5. The van der Waals surface area contributed by atoms with Crippen LogP contribution in [0.15, 0.2) is 0 Å². The van der Waals surface area contributed by atoms with Gasteiger partial charge in [-0.25, -0.2) is 0 Å². The van der Waals surface area contributed by atoms with Crippen LogP contribution in [0.5, 0.6) is 0 Å². The van der Waals surface area contributed by atoms with Gasteiger partial charge < -0.3 is 15.0 Å². The monoisotopic (exact) mass is 254 g/mol. The highest BCUT2D eigenvalue weighted by Crippen LogP contribution is 2.21. The van der Waals surface area contributed by atoms with E-state index in [2.05, 4.69) is 5.32 Å². The maximum atomic E-state index is 12.0. The summed E-state index contributed by atoms with van der Waals surface area (Å²) in [6, 6.07) is -0.805. The van der Waals surface area contributed by atoms with E-state index in [0.29, 0.717) is 19.3 Å². The van der Waals surface area contributed by atoms with Gasteiger partial charge in [-0.15, -0.1) is 0 Å². The van der Waals surface area contributed by atoms with Crippen molar-refractivity contribution in [3.8, 4) is 0 Å². The number of carbonyl (C=O) groups excluding carboxylic acids is 2. The molecule has 1 heterocycles. The van der Waals surface area contributed by atoms with Crippen LogP contribution in [-0.2, 0) is 14.3 Å². The molecular formula is C13H22N2O3. The Hall–Kier alpha value is -1.10. The molecule has 1 aliphatic carbocycles. The van der Waals surface area contributed by atoms with Gasteiger partial charge >= 0.3 is 0 Å². The molecule has 0 aromatic carbocycles. The first-order valence-electron chi connectivity index (χ1n) is 6.82. The molecule has 2 unspecified atom stereocenters. The first kappa shape index (κ1) is 13.3. The second-order valence-corrected chi connectivity index (χ2v) is 5.22. The third kappa shape index (κ3) is 2.83. The van der Waals surface area contributed by atoms with Crippen LogP contribution >= 0.6 is 0 Å². The van der Waals surface area contributed by atoms with Gasteiger partial charge in [-0.2, -0.15) is 0 Å². The van der Waals surface area contributed by atoms with Crippen LogP contribution < -0.4 is 5.32 Å². The lowest BCUT2D eigenvalue weighted by atomic mass is 10.1. The topological polar surface area (TPSA) is 58.6 Å². The van der Waals surface area contributed by atoms with E-state index in [0.717, 1.165) is 12.8 Å². The summed E-state index contributed by atoms with van der Waals surface area (Å²) in [5.74, 6) is -0.0971. The third-order valence-corrected chi connectivity index (χ3v) is 3.85. The zero-order valence-corrected chi connectivity index (χ0v) is 11.1.